The maximum absolute atomic E-state index is 12.8. The number of primary amides is 1. The largest absolute Gasteiger partial charge is 0.397 e. The van der Waals surface area contributed by atoms with Crippen LogP contribution in [-0.2, 0) is 0 Å². The topological polar surface area (TPSA) is 69.1 Å². The molecule has 0 spiro atoms. The van der Waals surface area contributed by atoms with Gasteiger partial charge < -0.3 is 11.5 Å². The molecular formula is C7H6ClFN2O. The van der Waals surface area contributed by atoms with Crippen LogP contribution in [0, 0.1) is 5.82 Å². The highest BCUT2D eigenvalue weighted by Crippen LogP contribution is 2.22. The molecule has 1 rings (SSSR count). The zero-order valence-electron chi connectivity index (χ0n) is 5.97. The molecule has 0 saturated heterocycles. The van der Waals surface area contributed by atoms with Gasteiger partial charge in [0, 0.05) is 0 Å². The summed E-state index contributed by atoms with van der Waals surface area (Å²) in [5.74, 6) is -1.63. The molecule has 0 radical (unpaired) electrons. The Labute approximate surface area is 73.1 Å². The minimum absolute atomic E-state index is 0.0826. The number of rotatable bonds is 1. The molecule has 0 aliphatic heterocycles. The van der Waals surface area contributed by atoms with Gasteiger partial charge in [0.1, 0.15) is 5.82 Å². The van der Waals surface area contributed by atoms with Crippen molar-refractivity contribution in [2.75, 3.05) is 5.73 Å². The van der Waals surface area contributed by atoms with Crippen molar-refractivity contribution in [2.45, 2.75) is 0 Å². The van der Waals surface area contributed by atoms with E-state index >= 15 is 0 Å². The van der Waals surface area contributed by atoms with E-state index in [1.54, 1.807) is 0 Å². The van der Waals surface area contributed by atoms with Gasteiger partial charge in [-0.15, -0.1) is 0 Å². The summed E-state index contributed by atoms with van der Waals surface area (Å²) in [5, 5.41) is 0.116. The van der Waals surface area contributed by atoms with E-state index < -0.39 is 11.7 Å². The van der Waals surface area contributed by atoms with Crippen LogP contribution in [-0.4, -0.2) is 5.91 Å². The Balaban J connectivity index is 3.33. The number of hydrogen-bond donors (Lipinski definition) is 2. The average Bonchev–Trinajstić information content (AvgIpc) is 1.96. The number of benzene rings is 1. The zero-order chi connectivity index (χ0) is 9.30. The second-order valence-electron chi connectivity index (χ2n) is 2.22. The van der Waals surface area contributed by atoms with Crippen LogP contribution in [0.15, 0.2) is 12.1 Å². The van der Waals surface area contributed by atoms with Gasteiger partial charge in [-0.05, 0) is 12.1 Å². The number of hydrogen-bond acceptors (Lipinski definition) is 2. The Kier molecular flexibility index (Phi) is 2.19. The molecule has 12 heavy (non-hydrogen) atoms. The highest BCUT2D eigenvalue weighted by molar-refractivity contribution is 6.33. The molecule has 0 atom stereocenters. The van der Waals surface area contributed by atoms with E-state index in [1.165, 1.54) is 0 Å². The first-order valence-electron chi connectivity index (χ1n) is 3.06. The van der Waals surface area contributed by atoms with Crippen LogP contribution in [0.2, 0.25) is 5.02 Å². The smallest absolute Gasteiger partial charge is 0.251 e. The van der Waals surface area contributed by atoms with E-state index in [-0.39, 0.29) is 16.3 Å². The summed E-state index contributed by atoms with van der Waals surface area (Å²) in [6.45, 7) is 0. The highest BCUT2D eigenvalue weighted by Gasteiger charge is 2.10. The molecule has 1 aromatic carbocycles. The van der Waals surface area contributed by atoms with E-state index in [9.17, 15) is 9.18 Å². The predicted octanol–water partition coefficient (Wildman–Crippen LogP) is 1.16. The summed E-state index contributed by atoms with van der Waals surface area (Å²) in [6.07, 6.45) is 0. The molecule has 0 aliphatic rings. The van der Waals surface area contributed by atoms with Crippen LogP contribution in [0.5, 0.6) is 0 Å². The number of halogens is 2. The molecule has 0 aliphatic carbocycles. The lowest BCUT2D eigenvalue weighted by atomic mass is 10.2. The Morgan fingerprint density at radius 3 is 2.58 bits per heavy atom. The molecule has 3 nitrogen and oxygen atoms in total. The van der Waals surface area contributed by atoms with Crippen molar-refractivity contribution in [3.8, 4) is 0 Å². The minimum atomic E-state index is -0.866. The van der Waals surface area contributed by atoms with Gasteiger partial charge in [0.05, 0.1) is 16.3 Å². The van der Waals surface area contributed by atoms with Gasteiger partial charge in [-0.1, -0.05) is 11.6 Å². The van der Waals surface area contributed by atoms with Crippen LogP contribution in [0.4, 0.5) is 10.1 Å². The number of nitrogen functional groups attached to an aromatic ring is 1. The van der Waals surface area contributed by atoms with Crippen LogP contribution < -0.4 is 11.5 Å². The minimum Gasteiger partial charge on any atom is -0.397 e. The van der Waals surface area contributed by atoms with Crippen LogP contribution in [0.1, 0.15) is 10.4 Å². The lowest BCUT2D eigenvalue weighted by Crippen LogP contribution is -2.13. The van der Waals surface area contributed by atoms with Crippen molar-refractivity contribution >= 4 is 23.2 Å². The fourth-order valence-corrected chi connectivity index (χ4v) is 0.915. The normalized spacial score (nSPS) is 9.83. The monoisotopic (exact) mass is 188 g/mol. The van der Waals surface area contributed by atoms with Crippen molar-refractivity contribution in [1.29, 1.82) is 0 Å². The number of amides is 1. The fourth-order valence-electron chi connectivity index (χ4n) is 0.751. The second-order valence-corrected chi connectivity index (χ2v) is 2.63. The Hall–Kier alpha value is -1.29. The molecule has 0 unspecified atom stereocenters. The van der Waals surface area contributed by atoms with Gasteiger partial charge in [0.25, 0.3) is 5.91 Å². The number of nitrogens with two attached hydrogens (primary N) is 2. The van der Waals surface area contributed by atoms with Crippen LogP contribution in [0.25, 0.3) is 0 Å². The molecule has 5 heteroatoms. The fraction of sp³-hybridized carbons (Fsp3) is 0. The van der Waals surface area contributed by atoms with Crippen molar-refractivity contribution in [3.05, 3.63) is 28.5 Å². The summed E-state index contributed by atoms with van der Waals surface area (Å²) in [4.78, 5) is 10.6. The van der Waals surface area contributed by atoms with Gasteiger partial charge in [-0.25, -0.2) is 4.39 Å². The van der Waals surface area contributed by atoms with Crippen molar-refractivity contribution in [2.24, 2.45) is 5.73 Å². The highest BCUT2D eigenvalue weighted by atomic mass is 35.5. The first-order chi connectivity index (χ1) is 5.52. The first-order valence-corrected chi connectivity index (χ1v) is 3.44. The summed E-state index contributed by atoms with van der Waals surface area (Å²) >= 11 is 5.53. The van der Waals surface area contributed by atoms with E-state index in [0.29, 0.717) is 0 Å². The lowest BCUT2D eigenvalue weighted by molar-refractivity contribution is 0.0996. The molecule has 0 saturated carbocycles. The van der Waals surface area contributed by atoms with Gasteiger partial charge in [0.2, 0.25) is 0 Å². The summed E-state index contributed by atoms with van der Waals surface area (Å²) < 4.78 is 12.8. The van der Waals surface area contributed by atoms with E-state index in [0.717, 1.165) is 12.1 Å². The second kappa shape index (κ2) is 2.98. The van der Waals surface area contributed by atoms with E-state index in [1.807, 2.05) is 0 Å². The van der Waals surface area contributed by atoms with Crippen molar-refractivity contribution in [1.82, 2.24) is 0 Å². The SMILES string of the molecule is NC(=O)c1cc(Cl)c(N)cc1F. The molecule has 0 heterocycles. The molecule has 64 valence electrons. The molecule has 4 N–H and O–H groups in total. The molecule has 0 bridgehead atoms. The Morgan fingerprint density at radius 1 is 1.50 bits per heavy atom. The first kappa shape index (κ1) is 8.80. The maximum Gasteiger partial charge on any atom is 0.251 e. The predicted molar refractivity (Wildman–Crippen MR) is 44.3 cm³/mol. The average molecular weight is 189 g/mol. The maximum atomic E-state index is 12.8. The quantitative estimate of drug-likeness (QED) is 0.650. The van der Waals surface area contributed by atoms with Gasteiger partial charge in [-0.3, -0.25) is 4.79 Å². The van der Waals surface area contributed by atoms with Gasteiger partial charge in [0.15, 0.2) is 0 Å². The standard InChI is InChI=1S/C7H6ClFN2O/c8-4-1-3(7(11)12)5(9)2-6(4)10/h1-2H,10H2,(H2,11,12). The third kappa shape index (κ3) is 1.48. The molecular weight excluding hydrogens is 183 g/mol. The van der Waals surface area contributed by atoms with Gasteiger partial charge in [-0.2, -0.15) is 0 Å². The van der Waals surface area contributed by atoms with Crippen LogP contribution >= 0.6 is 11.6 Å². The van der Waals surface area contributed by atoms with Gasteiger partial charge >= 0.3 is 0 Å². The van der Waals surface area contributed by atoms with Crippen molar-refractivity contribution < 1.29 is 9.18 Å². The third-order valence-electron chi connectivity index (χ3n) is 1.35. The molecule has 1 aromatic rings. The van der Waals surface area contributed by atoms with E-state index in [4.69, 9.17) is 23.1 Å². The number of carbonyl (C=O) groups is 1. The summed E-state index contributed by atoms with van der Waals surface area (Å²) in [5.41, 5.74) is 9.95. The molecule has 1 amide bonds. The molecule has 0 aromatic heterocycles. The Morgan fingerprint density at radius 2 is 2.08 bits per heavy atom. The number of anilines is 1. The number of carbonyl (C=O) groups excluding carboxylic acids is 1. The van der Waals surface area contributed by atoms with E-state index in [2.05, 4.69) is 0 Å². The molecule has 0 fully saturated rings. The summed E-state index contributed by atoms with van der Waals surface area (Å²) in [6, 6.07) is 2.07. The lowest BCUT2D eigenvalue weighted by Gasteiger charge is -2.01. The van der Waals surface area contributed by atoms with Crippen molar-refractivity contribution in [3.63, 3.8) is 0 Å². The Bertz CT molecular complexity index is 340. The summed E-state index contributed by atoms with van der Waals surface area (Å²) in [7, 11) is 0. The zero-order valence-corrected chi connectivity index (χ0v) is 6.73. The van der Waals surface area contributed by atoms with Crippen LogP contribution in [0.3, 0.4) is 0 Å². The third-order valence-corrected chi connectivity index (χ3v) is 1.68.